The molecule has 2 N–H and O–H groups in total. The fourth-order valence-electron chi connectivity index (χ4n) is 0.424. The topological polar surface area (TPSA) is 52.3 Å². The summed E-state index contributed by atoms with van der Waals surface area (Å²) < 4.78 is 4.90. The summed E-state index contributed by atoms with van der Waals surface area (Å²) in [6.07, 6.45) is 0. The molecule has 0 fully saturated rings. The molecule has 3 nitrogen and oxygen atoms in total. The van der Waals surface area contributed by atoms with E-state index in [1.54, 1.807) is 13.8 Å². The van der Waals surface area contributed by atoms with Crippen molar-refractivity contribution in [2.75, 3.05) is 6.61 Å². The fraction of sp³-hybridized carbons (Fsp3) is 0.875. The summed E-state index contributed by atoms with van der Waals surface area (Å²) in [4.78, 5) is 10.9. The van der Waals surface area contributed by atoms with Crippen molar-refractivity contribution >= 4 is 5.97 Å². The molecule has 0 unspecified atom stereocenters. The van der Waals surface area contributed by atoms with E-state index in [0.717, 1.165) is 0 Å². The molecule has 0 aliphatic rings. The Morgan fingerprint density at radius 1 is 1.55 bits per heavy atom. The SMILES string of the molecule is CC(C)C(=O)OCC(C)(C)N. The van der Waals surface area contributed by atoms with Crippen molar-refractivity contribution in [2.24, 2.45) is 11.7 Å². The fourth-order valence-corrected chi connectivity index (χ4v) is 0.424. The molecule has 0 aromatic heterocycles. The minimum Gasteiger partial charge on any atom is -0.464 e. The maximum atomic E-state index is 10.9. The van der Waals surface area contributed by atoms with Crippen LogP contribution in [0.25, 0.3) is 0 Å². The summed E-state index contributed by atoms with van der Waals surface area (Å²) in [6, 6.07) is 0. The van der Waals surface area contributed by atoms with Crippen LogP contribution in [-0.4, -0.2) is 18.1 Å². The quantitative estimate of drug-likeness (QED) is 0.623. The molecule has 0 saturated heterocycles. The number of hydrogen-bond donors (Lipinski definition) is 1. The van der Waals surface area contributed by atoms with E-state index in [0.29, 0.717) is 0 Å². The van der Waals surface area contributed by atoms with Crippen molar-refractivity contribution in [1.82, 2.24) is 0 Å². The largest absolute Gasteiger partial charge is 0.464 e. The average Bonchev–Trinajstić information content (AvgIpc) is 1.80. The van der Waals surface area contributed by atoms with Gasteiger partial charge in [0.05, 0.1) is 5.92 Å². The van der Waals surface area contributed by atoms with Crippen molar-refractivity contribution in [2.45, 2.75) is 33.2 Å². The predicted molar refractivity (Wildman–Crippen MR) is 44.1 cm³/mol. The lowest BCUT2D eigenvalue weighted by Crippen LogP contribution is -2.38. The van der Waals surface area contributed by atoms with Crippen molar-refractivity contribution in [3.63, 3.8) is 0 Å². The van der Waals surface area contributed by atoms with Crippen LogP contribution < -0.4 is 5.73 Å². The number of hydrogen-bond acceptors (Lipinski definition) is 3. The molecule has 66 valence electrons. The zero-order chi connectivity index (χ0) is 9.07. The van der Waals surface area contributed by atoms with Gasteiger partial charge < -0.3 is 10.5 Å². The van der Waals surface area contributed by atoms with Crippen LogP contribution in [0.15, 0.2) is 0 Å². The second-order valence-electron chi connectivity index (χ2n) is 3.75. The summed E-state index contributed by atoms with van der Waals surface area (Å²) in [5, 5.41) is 0. The van der Waals surface area contributed by atoms with E-state index < -0.39 is 5.54 Å². The monoisotopic (exact) mass is 159 g/mol. The van der Waals surface area contributed by atoms with Gasteiger partial charge in [-0.1, -0.05) is 13.8 Å². The van der Waals surface area contributed by atoms with Gasteiger partial charge in [0.15, 0.2) is 0 Å². The lowest BCUT2D eigenvalue weighted by molar-refractivity contribution is -0.148. The van der Waals surface area contributed by atoms with Crippen LogP contribution in [0.3, 0.4) is 0 Å². The molecule has 0 aromatic rings. The summed E-state index contributed by atoms with van der Waals surface area (Å²) >= 11 is 0. The first kappa shape index (κ1) is 10.4. The van der Waals surface area contributed by atoms with Crippen LogP contribution in [0.2, 0.25) is 0 Å². The van der Waals surface area contributed by atoms with Gasteiger partial charge in [0.1, 0.15) is 6.61 Å². The molecule has 3 heteroatoms. The smallest absolute Gasteiger partial charge is 0.308 e. The minimum absolute atomic E-state index is 0.0719. The predicted octanol–water partition coefficient (Wildman–Crippen LogP) is 0.923. The zero-order valence-electron chi connectivity index (χ0n) is 7.68. The Morgan fingerprint density at radius 2 is 2.00 bits per heavy atom. The molecule has 0 saturated carbocycles. The van der Waals surface area contributed by atoms with Gasteiger partial charge in [0.2, 0.25) is 0 Å². The van der Waals surface area contributed by atoms with Gasteiger partial charge in [0.25, 0.3) is 0 Å². The van der Waals surface area contributed by atoms with Crippen molar-refractivity contribution in [1.29, 1.82) is 0 Å². The van der Waals surface area contributed by atoms with E-state index in [4.69, 9.17) is 10.5 Å². The molecule has 0 amide bonds. The van der Waals surface area contributed by atoms with E-state index in [2.05, 4.69) is 0 Å². The van der Waals surface area contributed by atoms with Gasteiger partial charge >= 0.3 is 5.97 Å². The van der Waals surface area contributed by atoms with E-state index in [1.807, 2.05) is 13.8 Å². The first-order chi connectivity index (χ1) is 4.83. The van der Waals surface area contributed by atoms with Crippen LogP contribution >= 0.6 is 0 Å². The van der Waals surface area contributed by atoms with Gasteiger partial charge in [-0.25, -0.2) is 0 Å². The summed E-state index contributed by atoms with van der Waals surface area (Å²) in [7, 11) is 0. The summed E-state index contributed by atoms with van der Waals surface area (Å²) in [5.74, 6) is -0.263. The van der Waals surface area contributed by atoms with Crippen molar-refractivity contribution in [3.8, 4) is 0 Å². The van der Waals surface area contributed by atoms with Gasteiger partial charge in [0, 0.05) is 5.54 Å². The number of rotatable bonds is 3. The molecule has 0 rings (SSSR count). The Labute approximate surface area is 67.9 Å². The summed E-state index contributed by atoms with van der Waals surface area (Å²) in [5.41, 5.74) is 5.18. The molecule has 0 atom stereocenters. The standard InChI is InChI=1S/C8H17NO2/c1-6(2)7(10)11-5-8(3,4)9/h6H,5,9H2,1-4H3. The molecule has 0 aliphatic heterocycles. The molecular weight excluding hydrogens is 142 g/mol. The highest BCUT2D eigenvalue weighted by Gasteiger charge is 2.15. The Kier molecular flexibility index (Phi) is 3.52. The van der Waals surface area contributed by atoms with E-state index in [1.165, 1.54) is 0 Å². The highest BCUT2D eigenvalue weighted by Crippen LogP contribution is 2.01. The Morgan fingerprint density at radius 3 is 2.27 bits per heavy atom. The maximum Gasteiger partial charge on any atom is 0.308 e. The second-order valence-corrected chi connectivity index (χ2v) is 3.75. The van der Waals surface area contributed by atoms with E-state index >= 15 is 0 Å². The molecule has 0 aromatic carbocycles. The Balaban J connectivity index is 3.64. The molecular formula is C8H17NO2. The third kappa shape index (κ3) is 5.85. The minimum atomic E-state index is -0.426. The van der Waals surface area contributed by atoms with Crippen LogP contribution in [0, 0.1) is 5.92 Å². The van der Waals surface area contributed by atoms with Crippen molar-refractivity contribution in [3.05, 3.63) is 0 Å². The third-order valence-electron chi connectivity index (χ3n) is 1.06. The normalized spacial score (nSPS) is 11.8. The van der Waals surface area contributed by atoms with Crippen LogP contribution in [-0.2, 0) is 9.53 Å². The number of carbonyl (C=O) groups excluding carboxylic acids is 1. The zero-order valence-corrected chi connectivity index (χ0v) is 7.68. The lowest BCUT2D eigenvalue weighted by Gasteiger charge is -2.18. The highest BCUT2D eigenvalue weighted by atomic mass is 16.5. The molecule has 0 spiro atoms. The number of carbonyl (C=O) groups is 1. The van der Waals surface area contributed by atoms with E-state index in [-0.39, 0.29) is 18.5 Å². The summed E-state index contributed by atoms with van der Waals surface area (Å²) in [6.45, 7) is 7.52. The average molecular weight is 159 g/mol. The van der Waals surface area contributed by atoms with E-state index in [9.17, 15) is 4.79 Å². The first-order valence-electron chi connectivity index (χ1n) is 3.78. The second kappa shape index (κ2) is 3.72. The Hall–Kier alpha value is -0.570. The molecule has 0 radical (unpaired) electrons. The number of nitrogens with two attached hydrogens (primary N) is 1. The highest BCUT2D eigenvalue weighted by molar-refractivity contribution is 5.71. The van der Waals surface area contributed by atoms with Gasteiger partial charge in [-0.15, -0.1) is 0 Å². The van der Waals surface area contributed by atoms with Gasteiger partial charge in [-0.2, -0.15) is 0 Å². The number of ether oxygens (including phenoxy) is 1. The van der Waals surface area contributed by atoms with Crippen LogP contribution in [0.1, 0.15) is 27.7 Å². The van der Waals surface area contributed by atoms with Crippen molar-refractivity contribution < 1.29 is 9.53 Å². The first-order valence-corrected chi connectivity index (χ1v) is 3.78. The number of esters is 1. The van der Waals surface area contributed by atoms with Gasteiger partial charge in [-0.05, 0) is 13.8 Å². The van der Waals surface area contributed by atoms with Crippen LogP contribution in [0.4, 0.5) is 0 Å². The molecule has 0 aliphatic carbocycles. The molecule has 11 heavy (non-hydrogen) atoms. The maximum absolute atomic E-state index is 10.9. The third-order valence-corrected chi connectivity index (χ3v) is 1.06. The lowest BCUT2D eigenvalue weighted by atomic mass is 10.1. The van der Waals surface area contributed by atoms with Gasteiger partial charge in [-0.3, -0.25) is 4.79 Å². The Bertz CT molecular complexity index is 136. The molecule has 0 bridgehead atoms. The van der Waals surface area contributed by atoms with Crippen LogP contribution in [0.5, 0.6) is 0 Å². The molecule has 0 heterocycles.